The van der Waals surface area contributed by atoms with Crippen molar-refractivity contribution in [2.45, 2.75) is 26.9 Å². The van der Waals surface area contributed by atoms with E-state index in [0.717, 1.165) is 28.4 Å². The highest BCUT2D eigenvalue weighted by Crippen LogP contribution is 2.21. The Morgan fingerprint density at radius 3 is 2.79 bits per heavy atom. The van der Waals surface area contributed by atoms with Crippen molar-refractivity contribution >= 4 is 11.6 Å². The van der Waals surface area contributed by atoms with Gasteiger partial charge < -0.3 is 19.0 Å². The lowest BCUT2D eigenvalue weighted by molar-refractivity contribution is 0.0949. The highest BCUT2D eigenvalue weighted by molar-refractivity contribution is 5.96. The second-order valence-electron chi connectivity index (χ2n) is 6.79. The fourth-order valence-electron chi connectivity index (χ4n) is 3.14. The molecule has 0 fully saturated rings. The number of para-hydroxylation sites is 1. The van der Waals surface area contributed by atoms with E-state index in [4.69, 9.17) is 9.26 Å². The Hall–Kier alpha value is -3.61. The molecule has 3 heterocycles. The van der Waals surface area contributed by atoms with E-state index < -0.39 is 0 Å². The molecule has 7 heteroatoms. The van der Waals surface area contributed by atoms with Gasteiger partial charge in [-0.25, -0.2) is 4.98 Å². The molecular weight excluding hydrogens is 368 g/mol. The van der Waals surface area contributed by atoms with Gasteiger partial charge in [0.2, 0.25) is 0 Å². The molecule has 0 radical (unpaired) electrons. The van der Waals surface area contributed by atoms with Gasteiger partial charge in [-0.3, -0.25) is 4.79 Å². The number of fused-ring (bicyclic) bond motifs is 1. The molecule has 1 aromatic carbocycles. The van der Waals surface area contributed by atoms with Crippen LogP contribution in [-0.2, 0) is 13.0 Å². The summed E-state index contributed by atoms with van der Waals surface area (Å²) in [4.78, 5) is 17.2. The first-order valence-corrected chi connectivity index (χ1v) is 9.46. The molecule has 29 heavy (non-hydrogen) atoms. The molecule has 1 amide bonds. The Morgan fingerprint density at radius 1 is 1.17 bits per heavy atom. The van der Waals surface area contributed by atoms with Gasteiger partial charge in [-0.05, 0) is 38.1 Å². The molecule has 148 valence electrons. The number of aromatic nitrogens is 3. The van der Waals surface area contributed by atoms with Crippen molar-refractivity contribution < 1.29 is 14.1 Å². The van der Waals surface area contributed by atoms with Crippen LogP contribution in [0.1, 0.15) is 33.1 Å². The van der Waals surface area contributed by atoms with Crippen molar-refractivity contribution in [3.8, 4) is 5.75 Å². The van der Waals surface area contributed by atoms with Crippen molar-refractivity contribution in [1.29, 1.82) is 0 Å². The summed E-state index contributed by atoms with van der Waals surface area (Å²) >= 11 is 0. The maximum absolute atomic E-state index is 12.7. The largest absolute Gasteiger partial charge is 0.488 e. The van der Waals surface area contributed by atoms with Crippen molar-refractivity contribution in [3.05, 3.63) is 83.1 Å². The summed E-state index contributed by atoms with van der Waals surface area (Å²) in [5.74, 6) is 1.07. The SMILES string of the molecule is Cc1noc(C)c1COc1ccccc1C(=O)NCCc1cn2ccccc2n1. The first-order valence-electron chi connectivity index (χ1n) is 9.46. The normalized spacial score (nSPS) is 11.0. The van der Waals surface area contributed by atoms with Gasteiger partial charge in [-0.15, -0.1) is 0 Å². The molecule has 0 unspecified atom stereocenters. The van der Waals surface area contributed by atoms with Gasteiger partial charge in [0.15, 0.2) is 0 Å². The van der Waals surface area contributed by atoms with Gasteiger partial charge in [0.25, 0.3) is 5.91 Å². The third-order valence-corrected chi connectivity index (χ3v) is 4.77. The van der Waals surface area contributed by atoms with Crippen LogP contribution < -0.4 is 10.1 Å². The number of hydrogen-bond acceptors (Lipinski definition) is 5. The number of benzene rings is 1. The fraction of sp³-hybridized carbons (Fsp3) is 0.227. The van der Waals surface area contributed by atoms with E-state index in [1.165, 1.54) is 0 Å². The number of nitrogens with one attached hydrogen (secondary N) is 1. The molecule has 0 spiro atoms. The van der Waals surface area contributed by atoms with Crippen molar-refractivity contribution in [3.63, 3.8) is 0 Å². The molecule has 0 bridgehead atoms. The maximum atomic E-state index is 12.7. The molecular formula is C22H22N4O3. The average Bonchev–Trinajstić information content (AvgIpc) is 3.29. The first-order chi connectivity index (χ1) is 14.1. The van der Waals surface area contributed by atoms with Crippen LogP contribution in [0, 0.1) is 13.8 Å². The molecule has 3 aromatic heterocycles. The zero-order chi connectivity index (χ0) is 20.2. The molecule has 0 aliphatic rings. The Bertz CT molecular complexity index is 1090. The van der Waals surface area contributed by atoms with Crippen molar-refractivity contribution in [2.24, 2.45) is 0 Å². The zero-order valence-electron chi connectivity index (χ0n) is 16.4. The predicted octanol–water partition coefficient (Wildman–Crippen LogP) is 3.49. The zero-order valence-corrected chi connectivity index (χ0v) is 16.4. The molecule has 0 saturated heterocycles. The Kier molecular flexibility index (Phi) is 5.29. The van der Waals surface area contributed by atoms with Crippen LogP contribution >= 0.6 is 0 Å². The van der Waals surface area contributed by atoms with Crippen LogP contribution in [0.5, 0.6) is 5.75 Å². The average molecular weight is 390 g/mol. The highest BCUT2D eigenvalue weighted by Gasteiger charge is 2.15. The minimum Gasteiger partial charge on any atom is -0.488 e. The van der Waals surface area contributed by atoms with Crippen LogP contribution in [-0.4, -0.2) is 27.0 Å². The maximum Gasteiger partial charge on any atom is 0.255 e. The monoisotopic (exact) mass is 390 g/mol. The lowest BCUT2D eigenvalue weighted by Crippen LogP contribution is -2.26. The summed E-state index contributed by atoms with van der Waals surface area (Å²) in [7, 11) is 0. The second-order valence-corrected chi connectivity index (χ2v) is 6.79. The van der Waals surface area contributed by atoms with Gasteiger partial charge >= 0.3 is 0 Å². The van der Waals surface area contributed by atoms with Crippen LogP contribution in [0.25, 0.3) is 5.65 Å². The second kappa shape index (κ2) is 8.18. The van der Waals surface area contributed by atoms with E-state index in [2.05, 4.69) is 15.5 Å². The Morgan fingerprint density at radius 2 is 2.00 bits per heavy atom. The van der Waals surface area contributed by atoms with E-state index >= 15 is 0 Å². The Balaban J connectivity index is 1.38. The summed E-state index contributed by atoms with van der Waals surface area (Å²) in [6.45, 7) is 4.50. The number of ether oxygens (including phenoxy) is 1. The van der Waals surface area contributed by atoms with Crippen LogP contribution in [0.3, 0.4) is 0 Å². The van der Waals surface area contributed by atoms with Gasteiger partial charge in [-0.2, -0.15) is 0 Å². The summed E-state index contributed by atoms with van der Waals surface area (Å²) in [6, 6.07) is 13.1. The molecule has 4 rings (SSSR count). The third-order valence-electron chi connectivity index (χ3n) is 4.77. The number of carbonyl (C=O) groups excluding carboxylic acids is 1. The Labute approximate surface area is 168 Å². The summed E-state index contributed by atoms with van der Waals surface area (Å²) in [5.41, 5.74) is 4.00. The molecule has 0 aliphatic carbocycles. The van der Waals surface area contributed by atoms with Crippen molar-refractivity contribution in [1.82, 2.24) is 19.9 Å². The third kappa shape index (κ3) is 4.13. The number of carbonyl (C=O) groups is 1. The van der Waals surface area contributed by atoms with Crippen LogP contribution in [0.2, 0.25) is 0 Å². The highest BCUT2D eigenvalue weighted by atomic mass is 16.5. The smallest absolute Gasteiger partial charge is 0.255 e. The van der Waals surface area contributed by atoms with E-state index in [1.54, 1.807) is 12.1 Å². The molecule has 0 saturated carbocycles. The van der Waals surface area contributed by atoms with E-state index in [9.17, 15) is 4.79 Å². The number of pyridine rings is 1. The van der Waals surface area contributed by atoms with Crippen LogP contribution in [0.4, 0.5) is 0 Å². The summed E-state index contributed by atoms with van der Waals surface area (Å²) in [5, 5.41) is 6.88. The lowest BCUT2D eigenvalue weighted by Gasteiger charge is -2.11. The number of amides is 1. The van der Waals surface area contributed by atoms with Gasteiger partial charge in [0.1, 0.15) is 23.8 Å². The fourth-order valence-corrected chi connectivity index (χ4v) is 3.14. The number of nitrogens with zero attached hydrogens (tertiary/aromatic N) is 3. The van der Waals surface area contributed by atoms with Crippen molar-refractivity contribution in [2.75, 3.05) is 6.54 Å². The number of aryl methyl sites for hydroxylation is 2. The predicted molar refractivity (Wildman–Crippen MR) is 108 cm³/mol. The standard InChI is InChI=1S/C22H22N4O3/c1-15-19(16(2)29-25-15)14-28-20-8-4-3-7-18(20)22(27)23-11-10-17-13-26-12-6-5-9-21(26)24-17/h3-9,12-13H,10-11,14H2,1-2H3,(H,23,27). The molecule has 0 aliphatic heterocycles. The van der Waals surface area contributed by atoms with Gasteiger partial charge in [0.05, 0.1) is 22.5 Å². The van der Waals surface area contributed by atoms with Gasteiger partial charge in [0, 0.05) is 25.4 Å². The number of rotatable bonds is 7. The van der Waals surface area contributed by atoms with Gasteiger partial charge in [-0.1, -0.05) is 23.4 Å². The van der Waals surface area contributed by atoms with E-state index in [0.29, 0.717) is 30.9 Å². The summed E-state index contributed by atoms with van der Waals surface area (Å²) < 4.78 is 13.0. The molecule has 7 nitrogen and oxygen atoms in total. The summed E-state index contributed by atoms with van der Waals surface area (Å²) in [6.07, 6.45) is 4.58. The van der Waals surface area contributed by atoms with E-state index in [1.807, 2.05) is 61.0 Å². The molecule has 4 aromatic rings. The molecule has 0 atom stereocenters. The lowest BCUT2D eigenvalue weighted by atomic mass is 10.1. The van der Waals surface area contributed by atoms with Crippen LogP contribution in [0.15, 0.2) is 59.4 Å². The number of imidazole rings is 1. The topological polar surface area (TPSA) is 81.7 Å². The molecule has 1 N–H and O–H groups in total. The minimum absolute atomic E-state index is 0.178. The van der Waals surface area contributed by atoms with E-state index in [-0.39, 0.29) is 5.91 Å². The number of hydrogen-bond donors (Lipinski definition) is 1. The quantitative estimate of drug-likeness (QED) is 0.522. The first kappa shape index (κ1) is 18.7. The minimum atomic E-state index is -0.178.